The number of nitrogens with zero attached hydrogens (tertiary/aromatic N) is 1. The van der Waals surface area contributed by atoms with Crippen molar-refractivity contribution in [3.63, 3.8) is 0 Å². The number of rotatable bonds is 4. The van der Waals surface area contributed by atoms with Gasteiger partial charge >= 0.3 is 0 Å². The largest absolute Gasteiger partial charge is 0.355 e. The van der Waals surface area contributed by atoms with E-state index >= 15 is 0 Å². The van der Waals surface area contributed by atoms with Gasteiger partial charge in [0.05, 0.1) is 16.3 Å². The summed E-state index contributed by atoms with van der Waals surface area (Å²) in [4.78, 5) is 0.717. The first kappa shape index (κ1) is 16.2. The van der Waals surface area contributed by atoms with Gasteiger partial charge in [-0.2, -0.15) is 0 Å². The number of nitrogens with one attached hydrogen (secondary N) is 1. The first-order valence-corrected chi connectivity index (χ1v) is 9.77. The molecule has 120 valence electrons. The molecule has 5 nitrogen and oxygen atoms in total. The predicted molar refractivity (Wildman–Crippen MR) is 94.2 cm³/mol. The van der Waals surface area contributed by atoms with Gasteiger partial charge in [0.25, 0.3) is 10.0 Å². The molecule has 0 bridgehead atoms. The normalized spacial score (nSPS) is 11.6. The molecule has 0 unspecified atom stereocenters. The summed E-state index contributed by atoms with van der Waals surface area (Å²) in [5.74, 6) is 0.561. The summed E-state index contributed by atoms with van der Waals surface area (Å²) < 4.78 is 33.7. The third kappa shape index (κ3) is 3.49. The van der Waals surface area contributed by atoms with Crippen LogP contribution in [0.5, 0.6) is 0 Å². The Balaban J connectivity index is 1.89. The number of aromatic nitrogens is 1. The molecule has 0 atom stereocenters. The van der Waals surface area contributed by atoms with Gasteiger partial charge in [0.2, 0.25) is 0 Å². The first-order valence-electron chi connectivity index (χ1n) is 6.68. The standard InChI is InChI=1S/C15H13BrN2O3S2/c1-9-3-4-12(11(16)7-9)18-23(19,20)15-6-5-14(22-15)13-8-10(2)17-21-13/h3-8,18H,1-2H3. The Hall–Kier alpha value is -1.64. The summed E-state index contributed by atoms with van der Waals surface area (Å²) in [7, 11) is -3.65. The Morgan fingerprint density at radius 2 is 1.96 bits per heavy atom. The van der Waals surface area contributed by atoms with Crippen molar-refractivity contribution < 1.29 is 12.9 Å². The van der Waals surface area contributed by atoms with Crippen molar-refractivity contribution in [3.05, 3.63) is 52.1 Å². The van der Waals surface area contributed by atoms with Crippen LogP contribution in [-0.2, 0) is 10.0 Å². The molecule has 0 radical (unpaired) electrons. The average Bonchev–Trinajstić information content (AvgIpc) is 3.10. The van der Waals surface area contributed by atoms with Gasteiger partial charge in [-0.25, -0.2) is 8.42 Å². The minimum Gasteiger partial charge on any atom is -0.355 e. The van der Waals surface area contributed by atoms with E-state index in [9.17, 15) is 8.42 Å². The van der Waals surface area contributed by atoms with Crippen LogP contribution in [0.3, 0.4) is 0 Å². The van der Waals surface area contributed by atoms with E-state index in [1.165, 1.54) is 0 Å². The molecule has 0 aliphatic carbocycles. The second kappa shape index (κ2) is 6.10. The monoisotopic (exact) mass is 412 g/mol. The molecule has 0 aliphatic rings. The van der Waals surface area contributed by atoms with Crippen LogP contribution in [0.25, 0.3) is 10.6 Å². The minimum absolute atomic E-state index is 0.217. The molecular formula is C15H13BrN2O3S2. The lowest BCUT2D eigenvalue weighted by molar-refractivity contribution is 0.428. The molecule has 0 aliphatic heterocycles. The second-order valence-electron chi connectivity index (χ2n) is 5.04. The summed E-state index contributed by atoms with van der Waals surface area (Å²) in [6, 6.07) is 10.5. The zero-order chi connectivity index (χ0) is 16.6. The molecule has 3 rings (SSSR count). The Labute approximate surface area is 146 Å². The fraction of sp³-hybridized carbons (Fsp3) is 0.133. The second-order valence-corrected chi connectivity index (χ2v) is 8.89. The SMILES string of the molecule is Cc1ccc(NS(=O)(=O)c2ccc(-c3cc(C)no3)s2)c(Br)c1. The Bertz CT molecular complexity index is 961. The van der Waals surface area contributed by atoms with Gasteiger partial charge in [-0.15, -0.1) is 11.3 Å². The Kier molecular flexibility index (Phi) is 4.31. The predicted octanol–water partition coefficient (Wildman–Crippen LogP) is 4.58. The van der Waals surface area contributed by atoms with Gasteiger partial charge in [-0.05, 0) is 59.6 Å². The smallest absolute Gasteiger partial charge is 0.271 e. The number of benzene rings is 1. The van der Waals surface area contributed by atoms with Crippen molar-refractivity contribution in [3.8, 4) is 10.6 Å². The van der Waals surface area contributed by atoms with Crippen molar-refractivity contribution in [2.45, 2.75) is 18.1 Å². The number of aryl methyl sites for hydroxylation is 2. The third-order valence-electron chi connectivity index (χ3n) is 3.09. The maximum Gasteiger partial charge on any atom is 0.271 e. The van der Waals surface area contributed by atoms with E-state index in [4.69, 9.17) is 4.52 Å². The number of anilines is 1. The van der Waals surface area contributed by atoms with Crippen LogP contribution in [0.15, 0.2) is 49.6 Å². The summed E-state index contributed by atoms with van der Waals surface area (Å²) in [6.45, 7) is 3.75. The van der Waals surface area contributed by atoms with E-state index in [-0.39, 0.29) is 4.21 Å². The maximum atomic E-state index is 12.5. The highest BCUT2D eigenvalue weighted by molar-refractivity contribution is 9.10. The summed E-state index contributed by atoms with van der Waals surface area (Å²) >= 11 is 4.51. The van der Waals surface area contributed by atoms with Crippen molar-refractivity contribution in [2.75, 3.05) is 4.72 Å². The summed E-state index contributed by atoms with van der Waals surface area (Å²) in [5, 5.41) is 3.81. The molecule has 8 heteroatoms. The maximum absolute atomic E-state index is 12.5. The molecule has 0 saturated carbocycles. The van der Waals surface area contributed by atoms with Crippen LogP contribution in [0.4, 0.5) is 5.69 Å². The number of thiophene rings is 1. The number of halogens is 1. The lowest BCUT2D eigenvalue weighted by atomic mass is 10.2. The highest BCUT2D eigenvalue weighted by Crippen LogP contribution is 2.33. The van der Waals surface area contributed by atoms with Gasteiger partial charge in [0, 0.05) is 10.5 Å². The fourth-order valence-electron chi connectivity index (χ4n) is 1.97. The summed E-state index contributed by atoms with van der Waals surface area (Å²) in [6.07, 6.45) is 0. The molecule has 23 heavy (non-hydrogen) atoms. The quantitative estimate of drug-likeness (QED) is 0.680. The highest BCUT2D eigenvalue weighted by atomic mass is 79.9. The van der Waals surface area contributed by atoms with E-state index in [1.54, 1.807) is 24.3 Å². The number of hydrogen-bond acceptors (Lipinski definition) is 5. The molecule has 0 saturated heterocycles. The van der Waals surface area contributed by atoms with Gasteiger partial charge in [0.15, 0.2) is 5.76 Å². The van der Waals surface area contributed by atoms with E-state index < -0.39 is 10.0 Å². The summed E-state index contributed by atoms with van der Waals surface area (Å²) in [5.41, 5.74) is 2.29. The lowest BCUT2D eigenvalue weighted by Gasteiger charge is -2.08. The highest BCUT2D eigenvalue weighted by Gasteiger charge is 2.19. The van der Waals surface area contributed by atoms with Crippen molar-refractivity contribution in [1.82, 2.24) is 5.16 Å². The zero-order valence-corrected chi connectivity index (χ0v) is 15.5. The van der Waals surface area contributed by atoms with E-state index in [0.29, 0.717) is 20.8 Å². The van der Waals surface area contributed by atoms with Crippen molar-refractivity contribution >= 4 is 43.0 Å². The molecule has 3 aromatic rings. The molecule has 2 aromatic heterocycles. The topological polar surface area (TPSA) is 72.2 Å². The van der Waals surface area contributed by atoms with E-state index in [0.717, 1.165) is 22.6 Å². The molecule has 1 aromatic carbocycles. The Morgan fingerprint density at radius 1 is 1.17 bits per heavy atom. The van der Waals surface area contributed by atoms with Crippen LogP contribution in [0.1, 0.15) is 11.3 Å². The van der Waals surface area contributed by atoms with Crippen LogP contribution < -0.4 is 4.72 Å². The van der Waals surface area contributed by atoms with E-state index in [2.05, 4.69) is 25.8 Å². The molecular weight excluding hydrogens is 400 g/mol. The van der Waals surface area contributed by atoms with Crippen LogP contribution in [0.2, 0.25) is 0 Å². The van der Waals surface area contributed by atoms with Crippen LogP contribution >= 0.6 is 27.3 Å². The first-order chi connectivity index (χ1) is 10.8. The molecule has 1 N–H and O–H groups in total. The van der Waals surface area contributed by atoms with Gasteiger partial charge in [-0.3, -0.25) is 4.72 Å². The van der Waals surface area contributed by atoms with Gasteiger partial charge < -0.3 is 4.52 Å². The number of sulfonamides is 1. The molecule has 0 spiro atoms. The molecule has 0 fully saturated rings. The van der Waals surface area contributed by atoms with Crippen LogP contribution in [0, 0.1) is 13.8 Å². The lowest BCUT2D eigenvalue weighted by Crippen LogP contribution is -2.11. The molecule has 2 heterocycles. The van der Waals surface area contributed by atoms with Crippen molar-refractivity contribution in [1.29, 1.82) is 0 Å². The van der Waals surface area contributed by atoms with Crippen LogP contribution in [-0.4, -0.2) is 13.6 Å². The number of hydrogen-bond donors (Lipinski definition) is 1. The van der Waals surface area contributed by atoms with E-state index in [1.807, 2.05) is 26.0 Å². The third-order valence-corrected chi connectivity index (χ3v) is 6.70. The molecule has 0 amide bonds. The Morgan fingerprint density at radius 3 is 2.61 bits per heavy atom. The fourth-order valence-corrected chi connectivity index (χ4v) is 5.03. The zero-order valence-electron chi connectivity index (χ0n) is 12.3. The van der Waals surface area contributed by atoms with Gasteiger partial charge in [0.1, 0.15) is 4.21 Å². The average molecular weight is 413 g/mol. The minimum atomic E-state index is -3.65. The van der Waals surface area contributed by atoms with Crippen molar-refractivity contribution in [2.24, 2.45) is 0 Å². The van der Waals surface area contributed by atoms with Gasteiger partial charge in [-0.1, -0.05) is 11.2 Å².